The summed E-state index contributed by atoms with van der Waals surface area (Å²) in [6.45, 7) is 3.07. The van der Waals surface area contributed by atoms with E-state index in [1.54, 1.807) is 7.05 Å². The smallest absolute Gasteiger partial charge is 0.0235 e. The van der Waals surface area contributed by atoms with Gasteiger partial charge in [0.15, 0.2) is 0 Å². The van der Waals surface area contributed by atoms with Gasteiger partial charge in [0, 0.05) is 13.6 Å². The van der Waals surface area contributed by atoms with Crippen molar-refractivity contribution in [3.05, 3.63) is 12.2 Å². The van der Waals surface area contributed by atoms with Crippen LogP contribution in [0.1, 0.15) is 84.0 Å². The van der Waals surface area contributed by atoms with Crippen LogP contribution < -0.4 is 0 Å². The summed E-state index contributed by atoms with van der Waals surface area (Å²) < 4.78 is 0. The average Bonchev–Trinajstić information content (AvgIpc) is 2.39. The van der Waals surface area contributed by atoms with Crippen molar-refractivity contribution in [1.29, 1.82) is 0 Å². The summed E-state index contributed by atoms with van der Waals surface area (Å²) in [5.41, 5.74) is 0. The minimum absolute atomic E-state index is 0.806. The molecule has 2 nitrogen and oxygen atoms in total. The van der Waals surface area contributed by atoms with Crippen molar-refractivity contribution in [3.8, 4) is 0 Å². The van der Waals surface area contributed by atoms with Crippen molar-refractivity contribution in [2.75, 3.05) is 13.6 Å². The van der Waals surface area contributed by atoms with Gasteiger partial charge in [-0.15, -0.1) is 0 Å². The van der Waals surface area contributed by atoms with Crippen molar-refractivity contribution in [3.63, 3.8) is 0 Å². The highest BCUT2D eigenvalue weighted by Crippen LogP contribution is 2.08. The van der Waals surface area contributed by atoms with Gasteiger partial charge < -0.3 is 5.21 Å². The Morgan fingerprint density at radius 3 is 1.74 bits per heavy atom. The predicted molar refractivity (Wildman–Crippen MR) is 84.6 cm³/mol. The first-order chi connectivity index (χ1) is 9.27. The molecular formula is C17H35NO. The molecule has 0 aliphatic carbocycles. The molecule has 0 fully saturated rings. The SMILES string of the molecule is CCCCCC/C=C/CCCCCCCCN(C)O. The van der Waals surface area contributed by atoms with Crippen LogP contribution in [0.5, 0.6) is 0 Å². The fraction of sp³-hybridized carbons (Fsp3) is 0.882. The molecule has 0 radical (unpaired) electrons. The van der Waals surface area contributed by atoms with E-state index in [-0.39, 0.29) is 0 Å². The summed E-state index contributed by atoms with van der Waals surface area (Å²) in [6, 6.07) is 0. The largest absolute Gasteiger partial charge is 0.314 e. The third kappa shape index (κ3) is 17.7. The summed E-state index contributed by atoms with van der Waals surface area (Å²) in [4.78, 5) is 0. The van der Waals surface area contributed by atoms with Gasteiger partial charge in [-0.2, -0.15) is 5.06 Å². The van der Waals surface area contributed by atoms with Crippen LogP contribution in [0, 0.1) is 0 Å². The van der Waals surface area contributed by atoms with Crippen LogP contribution in [-0.4, -0.2) is 23.9 Å². The van der Waals surface area contributed by atoms with Gasteiger partial charge in [-0.05, 0) is 32.1 Å². The maximum Gasteiger partial charge on any atom is 0.0235 e. The van der Waals surface area contributed by atoms with Crippen LogP contribution in [0.4, 0.5) is 0 Å². The lowest BCUT2D eigenvalue weighted by atomic mass is 10.1. The number of hydrogen-bond donors (Lipinski definition) is 1. The van der Waals surface area contributed by atoms with Crippen molar-refractivity contribution in [1.82, 2.24) is 5.06 Å². The van der Waals surface area contributed by atoms with Crippen LogP contribution in [-0.2, 0) is 0 Å². The lowest BCUT2D eigenvalue weighted by Gasteiger charge is -2.06. The molecule has 0 bridgehead atoms. The van der Waals surface area contributed by atoms with Crippen molar-refractivity contribution in [2.45, 2.75) is 84.0 Å². The Morgan fingerprint density at radius 2 is 1.21 bits per heavy atom. The molecule has 0 aromatic heterocycles. The molecule has 1 N–H and O–H groups in total. The zero-order valence-electron chi connectivity index (χ0n) is 13.2. The van der Waals surface area contributed by atoms with E-state index >= 15 is 0 Å². The average molecular weight is 269 g/mol. The Balaban J connectivity index is 3.03. The molecule has 0 saturated carbocycles. The Hall–Kier alpha value is -0.340. The fourth-order valence-corrected chi connectivity index (χ4v) is 2.23. The highest BCUT2D eigenvalue weighted by molar-refractivity contribution is 4.81. The van der Waals surface area contributed by atoms with E-state index in [9.17, 15) is 0 Å². The fourth-order valence-electron chi connectivity index (χ4n) is 2.23. The zero-order chi connectivity index (χ0) is 14.2. The Kier molecular flexibility index (Phi) is 15.4. The number of allylic oxidation sites excluding steroid dienone is 2. The van der Waals surface area contributed by atoms with Crippen molar-refractivity contribution >= 4 is 0 Å². The molecular weight excluding hydrogens is 234 g/mol. The molecule has 0 saturated heterocycles. The molecule has 19 heavy (non-hydrogen) atoms. The van der Waals surface area contributed by atoms with Crippen LogP contribution in [0.2, 0.25) is 0 Å². The minimum atomic E-state index is 0.806. The molecule has 0 spiro atoms. The molecule has 0 unspecified atom stereocenters. The van der Waals surface area contributed by atoms with E-state index in [0.717, 1.165) is 13.0 Å². The van der Waals surface area contributed by atoms with Gasteiger partial charge >= 0.3 is 0 Å². The molecule has 0 rings (SSSR count). The maximum absolute atomic E-state index is 8.97. The lowest BCUT2D eigenvalue weighted by molar-refractivity contribution is -0.0655. The van der Waals surface area contributed by atoms with Crippen LogP contribution in [0.3, 0.4) is 0 Å². The molecule has 0 aromatic rings. The molecule has 114 valence electrons. The quantitative estimate of drug-likeness (QED) is 0.253. The second kappa shape index (κ2) is 15.7. The van der Waals surface area contributed by atoms with Gasteiger partial charge in [0.25, 0.3) is 0 Å². The molecule has 0 atom stereocenters. The molecule has 0 aliphatic heterocycles. The number of hydrogen-bond acceptors (Lipinski definition) is 2. The van der Waals surface area contributed by atoms with Gasteiger partial charge in [0.2, 0.25) is 0 Å². The van der Waals surface area contributed by atoms with Crippen molar-refractivity contribution in [2.24, 2.45) is 0 Å². The summed E-state index contributed by atoms with van der Waals surface area (Å²) in [5.74, 6) is 0. The van der Waals surface area contributed by atoms with E-state index in [1.165, 1.54) is 75.7 Å². The number of rotatable bonds is 14. The topological polar surface area (TPSA) is 23.5 Å². The van der Waals surface area contributed by atoms with Gasteiger partial charge in [0.1, 0.15) is 0 Å². The predicted octanol–water partition coefficient (Wildman–Crippen LogP) is 5.56. The van der Waals surface area contributed by atoms with Gasteiger partial charge in [-0.25, -0.2) is 0 Å². The van der Waals surface area contributed by atoms with Gasteiger partial charge in [-0.1, -0.05) is 64.0 Å². The summed E-state index contributed by atoms with van der Waals surface area (Å²) in [5, 5.41) is 10.3. The lowest BCUT2D eigenvalue weighted by Crippen LogP contribution is -2.13. The second-order valence-electron chi connectivity index (χ2n) is 5.61. The highest BCUT2D eigenvalue weighted by atomic mass is 16.5. The third-order valence-corrected chi connectivity index (χ3v) is 3.49. The first kappa shape index (κ1) is 18.7. The van der Waals surface area contributed by atoms with Crippen LogP contribution in [0.15, 0.2) is 12.2 Å². The summed E-state index contributed by atoms with van der Waals surface area (Å²) in [7, 11) is 1.72. The van der Waals surface area contributed by atoms with Gasteiger partial charge in [-0.3, -0.25) is 0 Å². The minimum Gasteiger partial charge on any atom is -0.314 e. The van der Waals surface area contributed by atoms with E-state index < -0.39 is 0 Å². The summed E-state index contributed by atoms with van der Waals surface area (Å²) >= 11 is 0. The monoisotopic (exact) mass is 269 g/mol. The van der Waals surface area contributed by atoms with E-state index in [0.29, 0.717) is 0 Å². The van der Waals surface area contributed by atoms with E-state index in [2.05, 4.69) is 19.1 Å². The maximum atomic E-state index is 8.97. The third-order valence-electron chi connectivity index (χ3n) is 3.49. The second-order valence-corrected chi connectivity index (χ2v) is 5.61. The molecule has 0 heterocycles. The zero-order valence-corrected chi connectivity index (χ0v) is 13.2. The molecule has 0 aromatic carbocycles. The first-order valence-corrected chi connectivity index (χ1v) is 8.32. The number of hydroxylamine groups is 2. The molecule has 2 heteroatoms. The van der Waals surface area contributed by atoms with E-state index in [4.69, 9.17) is 5.21 Å². The Labute approximate surface area is 120 Å². The molecule has 0 amide bonds. The Bertz CT molecular complexity index is 190. The van der Waals surface area contributed by atoms with Crippen LogP contribution in [0.25, 0.3) is 0 Å². The summed E-state index contributed by atoms with van der Waals surface area (Å²) in [6.07, 6.45) is 20.5. The Morgan fingerprint density at radius 1 is 0.737 bits per heavy atom. The highest BCUT2D eigenvalue weighted by Gasteiger charge is 1.93. The van der Waals surface area contributed by atoms with Gasteiger partial charge in [0.05, 0.1) is 0 Å². The number of unbranched alkanes of at least 4 members (excludes halogenated alkanes) is 10. The number of nitrogens with zero attached hydrogens (tertiary/aromatic N) is 1. The van der Waals surface area contributed by atoms with Crippen LogP contribution >= 0.6 is 0 Å². The van der Waals surface area contributed by atoms with E-state index in [1.807, 2.05) is 0 Å². The normalized spacial score (nSPS) is 11.8. The first-order valence-electron chi connectivity index (χ1n) is 8.32. The standard InChI is InChI=1S/C17H35NO/c1-3-4-5-6-7-8-9-10-11-12-13-14-15-16-17-18(2)19/h8-9,19H,3-7,10-17H2,1-2H3/b9-8+. The van der Waals surface area contributed by atoms with Crippen molar-refractivity contribution < 1.29 is 5.21 Å². The molecule has 0 aliphatic rings.